The molecule has 1 aliphatic rings. The Labute approximate surface area is 136 Å². The van der Waals surface area contributed by atoms with Gasteiger partial charge in [-0.25, -0.2) is 4.98 Å². The van der Waals surface area contributed by atoms with E-state index in [9.17, 15) is 9.59 Å². The van der Waals surface area contributed by atoms with Crippen LogP contribution in [0.3, 0.4) is 0 Å². The molecule has 1 aliphatic carbocycles. The van der Waals surface area contributed by atoms with Crippen LogP contribution in [0.4, 0.5) is 0 Å². The van der Waals surface area contributed by atoms with Crippen molar-refractivity contribution >= 4 is 32.7 Å². The van der Waals surface area contributed by atoms with Gasteiger partial charge in [-0.1, -0.05) is 30.6 Å². The van der Waals surface area contributed by atoms with E-state index in [0.29, 0.717) is 22.6 Å². The lowest BCUT2D eigenvalue weighted by Gasteiger charge is -2.22. The number of pyridine rings is 1. The smallest absolute Gasteiger partial charge is 0.297 e. The molecule has 0 radical (unpaired) electrons. The lowest BCUT2D eigenvalue weighted by Crippen LogP contribution is -2.10. The molecule has 1 saturated carbocycles. The third kappa shape index (κ3) is 2.25. The number of hydrogen-bond donors (Lipinski definition) is 2. The Bertz CT molecular complexity index is 985. The Kier molecular flexibility index (Phi) is 3.41. The van der Waals surface area contributed by atoms with E-state index in [1.54, 1.807) is 4.68 Å². The minimum atomic E-state index is -0.107. The zero-order valence-electron chi connectivity index (χ0n) is 13.3. The van der Waals surface area contributed by atoms with E-state index in [-0.39, 0.29) is 16.5 Å². The molecule has 7 heteroatoms. The van der Waals surface area contributed by atoms with Gasteiger partial charge in [0.1, 0.15) is 0 Å². The number of H-pyrrole nitrogens is 2. The van der Waals surface area contributed by atoms with Crippen LogP contribution in [0.5, 0.6) is 0 Å². The van der Waals surface area contributed by atoms with Gasteiger partial charge in [-0.3, -0.25) is 24.4 Å². The first-order valence-corrected chi connectivity index (χ1v) is 9.05. The number of thiazole rings is 1. The zero-order valence-corrected chi connectivity index (χ0v) is 14.1. The van der Waals surface area contributed by atoms with Gasteiger partial charge >= 0.3 is 4.87 Å². The number of fused-ring (bicyclic) bond motifs is 2. The van der Waals surface area contributed by atoms with Gasteiger partial charge in [-0.05, 0) is 38.2 Å². The Morgan fingerprint density at radius 1 is 1.22 bits per heavy atom. The summed E-state index contributed by atoms with van der Waals surface area (Å²) in [5.74, 6) is 0.340. The van der Waals surface area contributed by atoms with Gasteiger partial charge in [-0.15, -0.1) is 0 Å². The molecule has 0 aliphatic heterocycles. The molecule has 0 amide bonds. The van der Waals surface area contributed by atoms with Crippen LogP contribution in [0, 0.1) is 0 Å². The highest BCUT2D eigenvalue weighted by molar-refractivity contribution is 7.16. The monoisotopic (exact) mass is 332 g/mol. The van der Waals surface area contributed by atoms with Crippen LogP contribution in [0.2, 0.25) is 0 Å². The summed E-state index contributed by atoms with van der Waals surface area (Å²) in [5.41, 5.74) is 2.21. The summed E-state index contributed by atoms with van der Waals surface area (Å²) >= 11 is 1.18. The van der Waals surface area contributed by atoms with Crippen molar-refractivity contribution in [3.8, 4) is 0 Å². The molecule has 0 unspecified atom stereocenters. The Morgan fingerprint density at radius 3 is 2.65 bits per heavy atom. The van der Waals surface area contributed by atoms with E-state index in [4.69, 9.17) is 0 Å². The second kappa shape index (κ2) is 5.33. The van der Waals surface area contributed by atoms with Crippen LogP contribution >= 0.6 is 11.3 Å². The Morgan fingerprint density at radius 2 is 1.96 bits per heavy atom. The number of nitrogens with zero attached hydrogens (tertiary/aromatic N) is 2. The third-order valence-corrected chi connectivity index (χ3v) is 5.70. The van der Waals surface area contributed by atoms with Crippen LogP contribution in [-0.2, 0) is 0 Å². The van der Waals surface area contributed by atoms with Crippen LogP contribution in [0.25, 0.3) is 21.4 Å². The van der Waals surface area contributed by atoms with Crippen molar-refractivity contribution in [1.82, 2.24) is 19.7 Å². The van der Waals surface area contributed by atoms with Gasteiger partial charge in [0, 0.05) is 6.04 Å². The summed E-state index contributed by atoms with van der Waals surface area (Å²) in [6.07, 6.45) is 5.76. The molecule has 3 aromatic heterocycles. The highest BCUT2D eigenvalue weighted by Crippen LogP contribution is 2.39. The molecular weight excluding hydrogens is 312 g/mol. The number of aromatic nitrogens is 4. The largest absolute Gasteiger partial charge is 0.306 e. The molecule has 3 aromatic rings. The molecule has 2 N–H and O–H groups in total. The highest BCUT2D eigenvalue weighted by atomic mass is 32.1. The van der Waals surface area contributed by atoms with Crippen LogP contribution in [-0.4, -0.2) is 19.7 Å². The second-order valence-electron chi connectivity index (χ2n) is 6.66. The van der Waals surface area contributed by atoms with E-state index in [1.165, 1.54) is 30.6 Å². The molecule has 23 heavy (non-hydrogen) atoms. The van der Waals surface area contributed by atoms with Crippen molar-refractivity contribution < 1.29 is 0 Å². The molecule has 4 rings (SSSR count). The minimum absolute atomic E-state index is 0.0930. The van der Waals surface area contributed by atoms with Crippen molar-refractivity contribution in [2.45, 2.75) is 57.9 Å². The predicted molar refractivity (Wildman–Crippen MR) is 92.6 cm³/mol. The number of aromatic amines is 2. The number of nitrogens with one attached hydrogen (secondary N) is 2. The lowest BCUT2D eigenvalue weighted by molar-refractivity contribution is 0.447. The summed E-state index contributed by atoms with van der Waals surface area (Å²) in [5, 5.41) is 3.60. The summed E-state index contributed by atoms with van der Waals surface area (Å²) in [7, 11) is 0. The molecule has 0 atom stereocenters. The van der Waals surface area contributed by atoms with Gasteiger partial charge in [0.25, 0.3) is 5.56 Å². The number of hydrogen-bond acceptors (Lipinski definition) is 4. The van der Waals surface area contributed by atoms with Gasteiger partial charge in [0.15, 0.2) is 11.3 Å². The first-order chi connectivity index (χ1) is 11.1. The standard InChI is InChI=1S/C16H20N4O2S/c1-8(2)20-14-11(15(21)19-20)10(9-6-4-3-5-7-9)12-13(17-14)18-16(22)23-12/h8-9H,3-7H2,1-2H3,(H,19,21)(H,17,18,22). The van der Waals surface area contributed by atoms with Gasteiger partial charge < -0.3 is 0 Å². The molecule has 0 bridgehead atoms. The molecule has 3 heterocycles. The Balaban J connectivity index is 2.13. The van der Waals surface area contributed by atoms with Crippen LogP contribution < -0.4 is 10.4 Å². The van der Waals surface area contributed by atoms with E-state index >= 15 is 0 Å². The van der Waals surface area contributed by atoms with E-state index in [2.05, 4.69) is 15.1 Å². The summed E-state index contributed by atoms with van der Waals surface area (Å²) in [4.78, 5) is 31.8. The van der Waals surface area contributed by atoms with Crippen molar-refractivity contribution in [3.05, 3.63) is 25.6 Å². The SMILES string of the molecule is CC(C)n1[nH]c(=O)c2c(C3CCCCC3)c3sc(=O)[nH]c3nc21. The summed E-state index contributed by atoms with van der Waals surface area (Å²) in [6, 6.07) is 0.106. The molecule has 0 aromatic carbocycles. The zero-order chi connectivity index (χ0) is 16.1. The fraction of sp³-hybridized carbons (Fsp3) is 0.562. The quantitative estimate of drug-likeness (QED) is 0.755. The first kappa shape index (κ1) is 14.7. The van der Waals surface area contributed by atoms with E-state index < -0.39 is 0 Å². The molecule has 0 spiro atoms. The minimum Gasteiger partial charge on any atom is -0.297 e. The molecule has 1 fully saturated rings. The molecule has 122 valence electrons. The fourth-order valence-corrected chi connectivity index (χ4v) is 4.65. The summed E-state index contributed by atoms with van der Waals surface area (Å²) in [6.45, 7) is 4.02. The van der Waals surface area contributed by atoms with Gasteiger partial charge in [-0.2, -0.15) is 0 Å². The first-order valence-electron chi connectivity index (χ1n) is 8.23. The lowest BCUT2D eigenvalue weighted by atomic mass is 9.83. The fourth-order valence-electron chi connectivity index (χ4n) is 3.75. The maximum absolute atomic E-state index is 12.6. The second-order valence-corrected chi connectivity index (χ2v) is 7.64. The van der Waals surface area contributed by atoms with E-state index in [1.807, 2.05) is 13.8 Å². The summed E-state index contributed by atoms with van der Waals surface area (Å²) < 4.78 is 2.67. The maximum atomic E-state index is 12.6. The topological polar surface area (TPSA) is 83.5 Å². The average molecular weight is 332 g/mol. The predicted octanol–water partition coefficient (Wildman–Crippen LogP) is 3.26. The normalized spacial score (nSPS) is 16.8. The van der Waals surface area contributed by atoms with Crippen LogP contribution in [0.1, 0.15) is 63.5 Å². The average Bonchev–Trinajstić information content (AvgIpc) is 3.05. The van der Waals surface area contributed by atoms with Crippen molar-refractivity contribution in [2.75, 3.05) is 0 Å². The Hall–Kier alpha value is -1.89. The van der Waals surface area contributed by atoms with Gasteiger partial charge in [0.05, 0.1) is 10.1 Å². The van der Waals surface area contributed by atoms with Gasteiger partial charge in [0.2, 0.25) is 0 Å². The van der Waals surface area contributed by atoms with Crippen molar-refractivity contribution in [1.29, 1.82) is 0 Å². The van der Waals surface area contributed by atoms with E-state index in [0.717, 1.165) is 23.1 Å². The third-order valence-electron chi connectivity index (χ3n) is 4.79. The van der Waals surface area contributed by atoms with Crippen LogP contribution in [0.15, 0.2) is 9.59 Å². The number of rotatable bonds is 2. The molecule has 6 nitrogen and oxygen atoms in total. The highest BCUT2D eigenvalue weighted by Gasteiger charge is 2.26. The maximum Gasteiger partial charge on any atom is 0.306 e. The molecular formula is C16H20N4O2S. The van der Waals surface area contributed by atoms with Crippen molar-refractivity contribution in [3.63, 3.8) is 0 Å². The van der Waals surface area contributed by atoms with Crippen molar-refractivity contribution in [2.24, 2.45) is 0 Å². The molecule has 0 saturated heterocycles.